The molecule has 2 aromatic rings. The molecule has 0 N–H and O–H groups in total. The Labute approximate surface area is 157 Å². The van der Waals surface area contributed by atoms with Gasteiger partial charge in [0.05, 0.1) is 0 Å². The second kappa shape index (κ2) is 7.06. The molecular formula is C19H21ClN2O2S. The van der Waals surface area contributed by atoms with Crippen LogP contribution in [0.15, 0.2) is 50.8 Å². The van der Waals surface area contributed by atoms with E-state index in [0.717, 1.165) is 23.1 Å². The van der Waals surface area contributed by atoms with Gasteiger partial charge in [0, 0.05) is 35.1 Å². The molecule has 0 spiro atoms. The van der Waals surface area contributed by atoms with Crippen molar-refractivity contribution >= 4 is 29.3 Å². The molecule has 0 saturated carbocycles. The fourth-order valence-electron chi connectivity index (χ4n) is 3.72. The van der Waals surface area contributed by atoms with E-state index >= 15 is 0 Å². The number of rotatable bonds is 3. The highest BCUT2D eigenvalue weighted by Crippen LogP contribution is 2.31. The van der Waals surface area contributed by atoms with Gasteiger partial charge in [0.2, 0.25) is 0 Å². The van der Waals surface area contributed by atoms with E-state index in [9.17, 15) is 4.79 Å². The number of amides is 1. The molecule has 1 aromatic carbocycles. The summed E-state index contributed by atoms with van der Waals surface area (Å²) < 4.78 is 5.82. The molecule has 132 valence electrons. The van der Waals surface area contributed by atoms with Gasteiger partial charge in [-0.3, -0.25) is 9.69 Å². The lowest BCUT2D eigenvalue weighted by molar-refractivity contribution is 0.0364. The molecule has 2 aliphatic heterocycles. The number of halogens is 1. The van der Waals surface area contributed by atoms with Crippen LogP contribution in [0.5, 0.6) is 0 Å². The van der Waals surface area contributed by atoms with Crippen LogP contribution >= 0.6 is 23.4 Å². The lowest BCUT2D eigenvalue weighted by Gasteiger charge is -2.41. The Kier molecular flexibility index (Phi) is 4.80. The molecule has 2 aliphatic rings. The van der Waals surface area contributed by atoms with Crippen molar-refractivity contribution in [1.82, 2.24) is 9.80 Å². The molecule has 2 saturated heterocycles. The number of hydrogen-bond acceptors (Lipinski definition) is 4. The van der Waals surface area contributed by atoms with Crippen molar-refractivity contribution in [1.29, 1.82) is 0 Å². The first kappa shape index (κ1) is 17.0. The third-order valence-corrected chi connectivity index (χ3v) is 6.20. The minimum absolute atomic E-state index is 0.00186. The van der Waals surface area contributed by atoms with Crippen LogP contribution in [-0.2, 0) is 0 Å². The van der Waals surface area contributed by atoms with Crippen LogP contribution in [0.4, 0.5) is 0 Å². The van der Waals surface area contributed by atoms with Crippen LogP contribution in [0, 0.1) is 0 Å². The van der Waals surface area contributed by atoms with Gasteiger partial charge in [0.25, 0.3) is 5.91 Å². The summed E-state index contributed by atoms with van der Waals surface area (Å²) in [7, 11) is 0. The number of carbonyl (C=O) groups excluding carboxylic acids is 1. The number of carbonyl (C=O) groups is 1. The molecule has 1 amide bonds. The van der Waals surface area contributed by atoms with Crippen molar-refractivity contribution in [3.8, 4) is 0 Å². The van der Waals surface area contributed by atoms with Crippen LogP contribution < -0.4 is 0 Å². The van der Waals surface area contributed by atoms with Gasteiger partial charge in [0.15, 0.2) is 10.9 Å². The number of furan rings is 1. The van der Waals surface area contributed by atoms with Crippen molar-refractivity contribution in [2.45, 2.75) is 41.8 Å². The zero-order chi connectivity index (χ0) is 17.4. The van der Waals surface area contributed by atoms with Gasteiger partial charge in [-0.15, -0.1) is 0 Å². The maximum absolute atomic E-state index is 12.9. The van der Waals surface area contributed by atoms with Gasteiger partial charge in [-0.25, -0.2) is 0 Å². The van der Waals surface area contributed by atoms with E-state index in [0.29, 0.717) is 16.8 Å². The Hall–Kier alpha value is -1.43. The molecule has 0 unspecified atom stereocenters. The predicted octanol–water partition coefficient (Wildman–Crippen LogP) is 4.39. The topological polar surface area (TPSA) is 36.7 Å². The first-order valence-corrected chi connectivity index (χ1v) is 9.88. The Bertz CT molecular complexity index is 761. The van der Waals surface area contributed by atoms with Crippen molar-refractivity contribution < 1.29 is 9.21 Å². The quantitative estimate of drug-likeness (QED) is 0.795. The molecule has 4 rings (SSSR count). The summed E-state index contributed by atoms with van der Waals surface area (Å²) in [6.45, 7) is 5.06. The molecule has 4 nitrogen and oxygen atoms in total. The maximum Gasteiger partial charge on any atom is 0.289 e. The van der Waals surface area contributed by atoms with Crippen LogP contribution in [0.2, 0.25) is 5.02 Å². The molecule has 3 heterocycles. The van der Waals surface area contributed by atoms with Gasteiger partial charge in [-0.05, 0) is 62.7 Å². The highest BCUT2D eigenvalue weighted by atomic mass is 35.5. The first-order chi connectivity index (χ1) is 12.1. The molecular weight excluding hydrogens is 356 g/mol. The first-order valence-electron chi connectivity index (χ1n) is 8.68. The van der Waals surface area contributed by atoms with E-state index < -0.39 is 0 Å². The zero-order valence-electron chi connectivity index (χ0n) is 14.2. The Morgan fingerprint density at radius 2 is 2.00 bits per heavy atom. The highest BCUT2D eigenvalue weighted by molar-refractivity contribution is 7.99. The van der Waals surface area contributed by atoms with Gasteiger partial charge >= 0.3 is 0 Å². The monoisotopic (exact) mass is 376 g/mol. The number of benzene rings is 1. The number of hydrogen-bond donors (Lipinski definition) is 0. The normalized spacial score (nSPS) is 23.7. The predicted molar refractivity (Wildman–Crippen MR) is 99.4 cm³/mol. The minimum atomic E-state index is 0.00186. The van der Waals surface area contributed by atoms with Crippen molar-refractivity contribution in [2.75, 3.05) is 19.6 Å². The van der Waals surface area contributed by atoms with Crippen molar-refractivity contribution in [3.05, 3.63) is 47.2 Å². The fourth-order valence-corrected chi connectivity index (χ4v) is 4.62. The molecule has 2 fully saturated rings. The second-order valence-electron chi connectivity index (χ2n) is 6.77. The summed E-state index contributed by atoms with van der Waals surface area (Å²) >= 11 is 7.41. The van der Waals surface area contributed by atoms with Crippen LogP contribution in [0.1, 0.15) is 30.3 Å². The number of nitrogens with zero attached hydrogens (tertiary/aromatic N) is 2. The van der Waals surface area contributed by atoms with Gasteiger partial charge in [-0.2, -0.15) is 0 Å². The van der Waals surface area contributed by atoms with Crippen LogP contribution in [0.3, 0.4) is 0 Å². The van der Waals surface area contributed by atoms with E-state index in [2.05, 4.69) is 11.8 Å². The zero-order valence-corrected chi connectivity index (χ0v) is 15.7. The van der Waals surface area contributed by atoms with Crippen LogP contribution in [-0.4, -0.2) is 47.4 Å². The fraction of sp³-hybridized carbons (Fsp3) is 0.421. The Morgan fingerprint density at radius 1 is 1.20 bits per heavy atom. The van der Waals surface area contributed by atoms with Gasteiger partial charge < -0.3 is 9.32 Å². The largest absolute Gasteiger partial charge is 0.444 e. The average Bonchev–Trinajstić information content (AvgIpc) is 3.24. The van der Waals surface area contributed by atoms with E-state index in [1.807, 2.05) is 35.2 Å². The van der Waals surface area contributed by atoms with Crippen molar-refractivity contribution in [2.24, 2.45) is 0 Å². The lowest BCUT2D eigenvalue weighted by Crippen LogP contribution is -2.56. The average molecular weight is 377 g/mol. The summed E-state index contributed by atoms with van der Waals surface area (Å²) in [6, 6.07) is 12.0. The maximum atomic E-state index is 12.9. The summed E-state index contributed by atoms with van der Waals surface area (Å²) in [5.74, 6) is 0.428. The van der Waals surface area contributed by atoms with E-state index in [-0.39, 0.29) is 11.9 Å². The lowest BCUT2D eigenvalue weighted by atomic mass is 10.1. The van der Waals surface area contributed by atoms with Crippen LogP contribution in [0.25, 0.3) is 0 Å². The highest BCUT2D eigenvalue weighted by Gasteiger charge is 2.37. The SMILES string of the molecule is C[C@@H]1CN2CCC[C@H]2CN1C(=O)c1ccc(Sc2ccc(Cl)cc2)o1. The Balaban J connectivity index is 1.45. The third kappa shape index (κ3) is 3.59. The van der Waals surface area contributed by atoms with E-state index in [1.54, 1.807) is 6.07 Å². The second-order valence-corrected chi connectivity index (χ2v) is 8.29. The van der Waals surface area contributed by atoms with Gasteiger partial charge in [0.1, 0.15) is 0 Å². The molecule has 0 bridgehead atoms. The minimum Gasteiger partial charge on any atom is -0.444 e. The van der Waals surface area contributed by atoms with Crippen molar-refractivity contribution in [3.63, 3.8) is 0 Å². The smallest absolute Gasteiger partial charge is 0.289 e. The third-order valence-electron chi connectivity index (χ3n) is 5.02. The Morgan fingerprint density at radius 3 is 2.80 bits per heavy atom. The summed E-state index contributed by atoms with van der Waals surface area (Å²) in [4.78, 5) is 18.4. The van der Waals surface area contributed by atoms with Gasteiger partial charge in [-0.1, -0.05) is 23.4 Å². The standard InChI is InChI=1S/C19H21ClN2O2S/c1-13-11-21-10-2-3-15(21)12-22(13)19(23)17-8-9-18(24-17)25-16-6-4-14(20)5-7-16/h4-9,13,15H,2-3,10-12H2,1H3/t13-,15+/m1/s1. The molecule has 6 heteroatoms. The number of fused-ring (bicyclic) bond motifs is 1. The molecule has 0 radical (unpaired) electrons. The molecule has 2 atom stereocenters. The summed E-state index contributed by atoms with van der Waals surface area (Å²) in [5, 5.41) is 1.43. The summed E-state index contributed by atoms with van der Waals surface area (Å²) in [6.07, 6.45) is 2.42. The number of piperazine rings is 1. The molecule has 0 aliphatic carbocycles. The molecule has 1 aromatic heterocycles. The van der Waals surface area contributed by atoms with E-state index in [1.165, 1.54) is 31.1 Å². The molecule has 25 heavy (non-hydrogen) atoms. The summed E-state index contributed by atoms with van der Waals surface area (Å²) in [5.41, 5.74) is 0. The van der Waals surface area contributed by atoms with E-state index in [4.69, 9.17) is 16.0 Å².